The average molecular weight is 155 g/mol. The Hall–Kier alpha value is -0.570. The van der Waals surface area contributed by atoms with Crippen LogP contribution in [0.5, 0.6) is 0 Å². The summed E-state index contributed by atoms with van der Waals surface area (Å²) in [6.07, 6.45) is 4.11. The van der Waals surface area contributed by atoms with Crippen LogP contribution >= 0.6 is 0 Å². The minimum absolute atomic E-state index is 0.139. The zero-order valence-corrected chi connectivity index (χ0v) is 6.51. The first kappa shape index (κ1) is 7.10. The lowest BCUT2D eigenvalue weighted by molar-refractivity contribution is -0.127. The third-order valence-corrected chi connectivity index (χ3v) is 2.83. The zero-order chi connectivity index (χ0) is 7.90. The van der Waals surface area contributed by atoms with Crippen LogP contribution < -0.4 is 5.73 Å². The molecule has 1 amide bonds. The van der Waals surface area contributed by atoms with Crippen molar-refractivity contribution in [3.8, 4) is 0 Å². The first-order valence-corrected chi connectivity index (χ1v) is 4.17. The molecule has 0 aromatic heterocycles. The van der Waals surface area contributed by atoms with E-state index in [1.165, 1.54) is 0 Å². The molecule has 0 aromatic rings. The third kappa shape index (κ3) is 0.948. The van der Waals surface area contributed by atoms with Crippen LogP contribution in [0.3, 0.4) is 0 Å². The molecule has 62 valence electrons. The van der Waals surface area contributed by atoms with Gasteiger partial charge in [0.1, 0.15) is 0 Å². The van der Waals surface area contributed by atoms with Gasteiger partial charge in [-0.1, -0.05) is 0 Å². The van der Waals surface area contributed by atoms with E-state index in [1.807, 2.05) is 0 Å². The maximum Gasteiger partial charge on any atom is 0.226 e. The summed E-state index contributed by atoms with van der Waals surface area (Å²) in [5.74, 6) is -0.163. The molecule has 1 unspecified atom stereocenters. The van der Waals surface area contributed by atoms with Crippen molar-refractivity contribution in [3.63, 3.8) is 0 Å². The molecule has 0 spiro atoms. The summed E-state index contributed by atoms with van der Waals surface area (Å²) in [5, 5.41) is 0. The number of rotatable bonds is 2. The van der Waals surface area contributed by atoms with Crippen LogP contribution in [-0.2, 0) is 9.53 Å². The second-order valence-electron chi connectivity index (χ2n) is 3.52. The molecule has 2 aliphatic rings. The normalized spacial score (nSPS) is 33.6. The Balaban J connectivity index is 2.07. The van der Waals surface area contributed by atoms with Crippen molar-refractivity contribution in [3.05, 3.63) is 0 Å². The fraction of sp³-hybridized carbons (Fsp3) is 0.875. The molecular formula is C8H13NO2. The van der Waals surface area contributed by atoms with Crippen LogP contribution in [0.15, 0.2) is 0 Å². The molecule has 2 rings (SSSR count). The second kappa shape index (κ2) is 2.21. The van der Waals surface area contributed by atoms with E-state index in [9.17, 15) is 4.79 Å². The molecule has 3 nitrogen and oxygen atoms in total. The Morgan fingerprint density at radius 1 is 1.55 bits per heavy atom. The predicted molar refractivity (Wildman–Crippen MR) is 39.8 cm³/mol. The first-order chi connectivity index (χ1) is 5.26. The van der Waals surface area contributed by atoms with Gasteiger partial charge in [0, 0.05) is 6.61 Å². The van der Waals surface area contributed by atoms with E-state index < -0.39 is 0 Å². The average Bonchev–Trinajstić information content (AvgIpc) is 2.61. The highest BCUT2D eigenvalue weighted by Gasteiger charge is 2.55. The van der Waals surface area contributed by atoms with Crippen molar-refractivity contribution in [2.24, 2.45) is 11.1 Å². The Morgan fingerprint density at radius 3 is 2.64 bits per heavy atom. The number of hydrogen-bond donors (Lipinski definition) is 1. The molecule has 1 atom stereocenters. The summed E-state index contributed by atoms with van der Waals surface area (Å²) < 4.78 is 5.44. The molecule has 0 aromatic carbocycles. The van der Waals surface area contributed by atoms with Crippen molar-refractivity contribution < 1.29 is 9.53 Å². The molecule has 2 fully saturated rings. The predicted octanol–water partition coefficient (Wildman–Crippen LogP) is 0.431. The number of amides is 1. The lowest BCUT2D eigenvalue weighted by Crippen LogP contribution is -2.34. The largest absolute Gasteiger partial charge is 0.377 e. The van der Waals surface area contributed by atoms with E-state index in [1.54, 1.807) is 0 Å². The summed E-state index contributed by atoms with van der Waals surface area (Å²) >= 11 is 0. The molecular weight excluding hydrogens is 142 g/mol. The van der Waals surface area contributed by atoms with Gasteiger partial charge in [-0.15, -0.1) is 0 Å². The van der Waals surface area contributed by atoms with E-state index in [-0.39, 0.29) is 17.4 Å². The van der Waals surface area contributed by atoms with Crippen LogP contribution in [0, 0.1) is 5.41 Å². The van der Waals surface area contributed by atoms with Crippen molar-refractivity contribution in [2.75, 3.05) is 6.61 Å². The number of carbonyl (C=O) groups is 1. The number of hydrogen-bond acceptors (Lipinski definition) is 2. The molecule has 1 saturated carbocycles. The Labute approximate surface area is 65.9 Å². The lowest BCUT2D eigenvalue weighted by atomic mass is 9.96. The van der Waals surface area contributed by atoms with E-state index in [0.717, 1.165) is 32.3 Å². The van der Waals surface area contributed by atoms with Gasteiger partial charge in [-0.2, -0.15) is 0 Å². The number of nitrogens with two attached hydrogens (primary N) is 1. The third-order valence-electron chi connectivity index (χ3n) is 2.83. The van der Waals surface area contributed by atoms with Gasteiger partial charge < -0.3 is 10.5 Å². The van der Waals surface area contributed by atoms with Crippen LogP contribution in [0.1, 0.15) is 25.7 Å². The first-order valence-electron chi connectivity index (χ1n) is 4.17. The molecule has 11 heavy (non-hydrogen) atoms. The fourth-order valence-corrected chi connectivity index (χ4v) is 1.88. The second-order valence-corrected chi connectivity index (χ2v) is 3.52. The van der Waals surface area contributed by atoms with Crippen molar-refractivity contribution in [1.29, 1.82) is 0 Å². The van der Waals surface area contributed by atoms with Crippen LogP contribution in [0.25, 0.3) is 0 Å². The Morgan fingerprint density at radius 2 is 2.27 bits per heavy atom. The molecule has 1 heterocycles. The summed E-state index contributed by atoms with van der Waals surface area (Å²) in [4.78, 5) is 11.0. The standard InChI is InChI=1S/C8H13NO2/c9-7(10)8(3-4-8)6-2-1-5-11-6/h6H,1-5H2,(H2,9,10). The van der Waals surface area contributed by atoms with Gasteiger partial charge in [-0.25, -0.2) is 0 Å². The van der Waals surface area contributed by atoms with Crippen molar-refractivity contribution in [2.45, 2.75) is 31.8 Å². The topological polar surface area (TPSA) is 52.3 Å². The number of ether oxygens (including phenoxy) is 1. The van der Waals surface area contributed by atoms with Crippen LogP contribution in [0.2, 0.25) is 0 Å². The number of carbonyl (C=O) groups excluding carboxylic acids is 1. The molecule has 3 heteroatoms. The molecule has 0 bridgehead atoms. The highest BCUT2D eigenvalue weighted by Crippen LogP contribution is 2.52. The Kier molecular flexibility index (Phi) is 1.42. The van der Waals surface area contributed by atoms with E-state index in [2.05, 4.69) is 0 Å². The van der Waals surface area contributed by atoms with E-state index >= 15 is 0 Å². The highest BCUT2D eigenvalue weighted by molar-refractivity contribution is 5.84. The van der Waals surface area contributed by atoms with E-state index in [4.69, 9.17) is 10.5 Å². The van der Waals surface area contributed by atoms with Gasteiger partial charge >= 0.3 is 0 Å². The maximum atomic E-state index is 11.0. The molecule has 0 radical (unpaired) electrons. The van der Waals surface area contributed by atoms with Gasteiger partial charge in [-0.05, 0) is 25.7 Å². The molecule has 2 N–H and O–H groups in total. The van der Waals surface area contributed by atoms with Crippen molar-refractivity contribution >= 4 is 5.91 Å². The van der Waals surface area contributed by atoms with Gasteiger partial charge in [0.15, 0.2) is 0 Å². The minimum atomic E-state index is -0.253. The monoisotopic (exact) mass is 155 g/mol. The lowest BCUT2D eigenvalue weighted by Gasteiger charge is -2.17. The smallest absolute Gasteiger partial charge is 0.226 e. The minimum Gasteiger partial charge on any atom is -0.377 e. The quantitative estimate of drug-likeness (QED) is 0.628. The summed E-state index contributed by atoms with van der Waals surface area (Å²) in [6, 6.07) is 0. The van der Waals surface area contributed by atoms with Crippen LogP contribution in [0.4, 0.5) is 0 Å². The van der Waals surface area contributed by atoms with Gasteiger partial charge in [-0.3, -0.25) is 4.79 Å². The van der Waals surface area contributed by atoms with Crippen LogP contribution in [-0.4, -0.2) is 18.6 Å². The summed E-state index contributed by atoms with van der Waals surface area (Å²) in [5.41, 5.74) is 5.04. The van der Waals surface area contributed by atoms with E-state index in [0.29, 0.717) is 0 Å². The Bertz CT molecular complexity index is 181. The summed E-state index contributed by atoms with van der Waals surface area (Å²) in [7, 11) is 0. The zero-order valence-electron chi connectivity index (χ0n) is 6.51. The fourth-order valence-electron chi connectivity index (χ4n) is 1.88. The maximum absolute atomic E-state index is 11.0. The molecule has 1 aliphatic heterocycles. The summed E-state index contributed by atoms with van der Waals surface area (Å²) in [6.45, 7) is 0.805. The molecule has 1 aliphatic carbocycles. The molecule has 1 saturated heterocycles. The number of primary amides is 1. The van der Waals surface area contributed by atoms with Crippen molar-refractivity contribution in [1.82, 2.24) is 0 Å². The van der Waals surface area contributed by atoms with Gasteiger partial charge in [0.25, 0.3) is 0 Å². The van der Waals surface area contributed by atoms with Gasteiger partial charge in [0.2, 0.25) is 5.91 Å². The van der Waals surface area contributed by atoms with Gasteiger partial charge in [0.05, 0.1) is 11.5 Å². The SMILES string of the molecule is NC(=O)C1(C2CCCO2)CC1. The highest BCUT2D eigenvalue weighted by atomic mass is 16.5.